The first-order chi connectivity index (χ1) is 12.6. The van der Waals surface area contributed by atoms with Gasteiger partial charge in [-0.25, -0.2) is 9.59 Å². The Morgan fingerprint density at radius 3 is 2.18 bits per heavy atom. The fourth-order valence-corrected chi connectivity index (χ4v) is 2.86. The van der Waals surface area contributed by atoms with Crippen LogP contribution in [0, 0.1) is 5.92 Å². The van der Waals surface area contributed by atoms with Crippen LogP contribution in [0.3, 0.4) is 0 Å². The minimum absolute atomic E-state index is 0.300. The van der Waals surface area contributed by atoms with Crippen molar-refractivity contribution in [2.75, 3.05) is 33.9 Å². The van der Waals surface area contributed by atoms with Gasteiger partial charge in [0.2, 0.25) is 0 Å². The van der Waals surface area contributed by atoms with E-state index >= 15 is 0 Å². The van der Waals surface area contributed by atoms with E-state index in [0.29, 0.717) is 0 Å². The molecule has 1 atom stereocenters. The van der Waals surface area contributed by atoms with Crippen LogP contribution >= 0.6 is 0 Å². The van der Waals surface area contributed by atoms with Gasteiger partial charge in [-0.15, -0.1) is 0 Å². The SMILES string of the molecule is COCC1CN(C(=O)OC(C)(C)C)CC(C(=O)OC)=C1OS(=O)(=O)C(F)(F)F. The van der Waals surface area contributed by atoms with Gasteiger partial charge in [0.1, 0.15) is 11.4 Å². The summed E-state index contributed by atoms with van der Waals surface area (Å²) in [5.74, 6) is -3.12. The molecule has 0 spiro atoms. The van der Waals surface area contributed by atoms with Gasteiger partial charge in [-0.1, -0.05) is 0 Å². The maximum atomic E-state index is 12.7. The van der Waals surface area contributed by atoms with E-state index in [9.17, 15) is 31.2 Å². The van der Waals surface area contributed by atoms with E-state index in [4.69, 9.17) is 9.47 Å². The fourth-order valence-electron chi connectivity index (χ4n) is 2.30. The maximum absolute atomic E-state index is 12.7. The van der Waals surface area contributed by atoms with E-state index in [1.165, 1.54) is 7.11 Å². The molecule has 0 bridgehead atoms. The van der Waals surface area contributed by atoms with Crippen molar-refractivity contribution in [2.24, 2.45) is 5.92 Å². The molecule has 0 saturated carbocycles. The third-order valence-electron chi connectivity index (χ3n) is 3.39. The summed E-state index contributed by atoms with van der Waals surface area (Å²) < 4.78 is 79.9. The molecule has 0 aromatic carbocycles. The molecule has 1 unspecified atom stereocenters. The lowest BCUT2D eigenvalue weighted by Gasteiger charge is -2.35. The van der Waals surface area contributed by atoms with Crippen molar-refractivity contribution >= 4 is 22.2 Å². The first kappa shape index (κ1) is 24.0. The molecule has 162 valence electrons. The van der Waals surface area contributed by atoms with Crippen LogP contribution in [-0.4, -0.2) is 70.4 Å². The molecule has 0 radical (unpaired) electrons. The van der Waals surface area contributed by atoms with Gasteiger partial charge in [-0.3, -0.25) is 0 Å². The smallest absolute Gasteiger partial charge is 0.466 e. The molecule has 0 aromatic heterocycles. The summed E-state index contributed by atoms with van der Waals surface area (Å²) in [6, 6.07) is 0. The van der Waals surface area contributed by atoms with Crippen LogP contribution in [0.15, 0.2) is 11.3 Å². The summed E-state index contributed by atoms with van der Waals surface area (Å²) in [5, 5.41) is 0. The van der Waals surface area contributed by atoms with Gasteiger partial charge in [0.25, 0.3) is 0 Å². The molecule has 1 amide bonds. The molecule has 0 fully saturated rings. The molecule has 1 aliphatic heterocycles. The Hall–Kier alpha value is -2.02. The standard InChI is InChI=1S/C15H22F3NO8S/c1-14(2,3)26-13(21)19-6-9(8-24-4)11(10(7-19)12(20)25-5)27-28(22,23)15(16,17)18/h9H,6-8H2,1-5H3. The van der Waals surface area contributed by atoms with Gasteiger partial charge in [0, 0.05) is 13.7 Å². The largest absolute Gasteiger partial charge is 0.534 e. The number of carbonyl (C=O) groups excluding carboxylic acids is 2. The summed E-state index contributed by atoms with van der Waals surface area (Å²) >= 11 is 0. The van der Waals surface area contributed by atoms with Crippen LogP contribution in [0.25, 0.3) is 0 Å². The molecule has 28 heavy (non-hydrogen) atoms. The van der Waals surface area contributed by atoms with Crippen molar-refractivity contribution < 1.29 is 49.6 Å². The van der Waals surface area contributed by atoms with Gasteiger partial charge >= 0.3 is 27.7 Å². The van der Waals surface area contributed by atoms with Crippen molar-refractivity contribution in [3.63, 3.8) is 0 Å². The van der Waals surface area contributed by atoms with Crippen molar-refractivity contribution in [3.8, 4) is 0 Å². The number of nitrogens with zero attached hydrogens (tertiary/aromatic N) is 1. The van der Waals surface area contributed by atoms with Gasteiger partial charge in [-0.05, 0) is 20.8 Å². The maximum Gasteiger partial charge on any atom is 0.534 e. The number of hydrogen-bond donors (Lipinski definition) is 0. The molecule has 0 aromatic rings. The van der Waals surface area contributed by atoms with Crippen LogP contribution < -0.4 is 0 Å². The Labute approximate surface area is 160 Å². The zero-order chi connectivity index (χ0) is 21.9. The highest BCUT2D eigenvalue weighted by molar-refractivity contribution is 7.87. The first-order valence-corrected chi connectivity index (χ1v) is 9.32. The summed E-state index contributed by atoms with van der Waals surface area (Å²) in [5.41, 5.74) is -7.14. The van der Waals surface area contributed by atoms with Crippen molar-refractivity contribution in [1.29, 1.82) is 0 Å². The molecular weight excluding hydrogens is 411 g/mol. The van der Waals surface area contributed by atoms with Crippen molar-refractivity contribution in [1.82, 2.24) is 4.90 Å². The first-order valence-electron chi connectivity index (χ1n) is 7.92. The summed E-state index contributed by atoms with van der Waals surface area (Å²) in [4.78, 5) is 25.4. The lowest BCUT2D eigenvalue weighted by Crippen LogP contribution is -2.47. The number of alkyl halides is 3. The van der Waals surface area contributed by atoms with Crippen LogP contribution in [0.4, 0.5) is 18.0 Å². The number of halogens is 3. The average Bonchev–Trinajstić information content (AvgIpc) is 2.52. The minimum Gasteiger partial charge on any atom is -0.466 e. The number of rotatable bonds is 5. The average molecular weight is 433 g/mol. The molecule has 1 rings (SSSR count). The van der Waals surface area contributed by atoms with Crippen molar-refractivity contribution in [3.05, 3.63) is 11.3 Å². The molecule has 13 heteroatoms. The Bertz CT molecular complexity index is 739. The molecule has 9 nitrogen and oxygen atoms in total. The van der Waals surface area contributed by atoms with Crippen molar-refractivity contribution in [2.45, 2.75) is 31.9 Å². The highest BCUT2D eigenvalue weighted by atomic mass is 32.2. The Morgan fingerprint density at radius 2 is 1.75 bits per heavy atom. The van der Waals surface area contributed by atoms with Crippen LogP contribution in [0.5, 0.6) is 0 Å². The number of methoxy groups -OCH3 is 2. The molecule has 0 aliphatic carbocycles. The predicted molar refractivity (Wildman–Crippen MR) is 88.3 cm³/mol. The molecule has 0 saturated heterocycles. The van der Waals surface area contributed by atoms with E-state index in [1.54, 1.807) is 20.8 Å². The summed E-state index contributed by atoms with van der Waals surface area (Å²) in [7, 11) is -3.89. The van der Waals surface area contributed by atoms with E-state index < -0.39 is 57.1 Å². The van der Waals surface area contributed by atoms with Gasteiger partial charge in [-0.2, -0.15) is 21.6 Å². The highest BCUT2D eigenvalue weighted by Gasteiger charge is 2.51. The number of carbonyl (C=O) groups is 2. The van der Waals surface area contributed by atoms with E-state index in [-0.39, 0.29) is 13.2 Å². The van der Waals surface area contributed by atoms with Gasteiger partial charge < -0.3 is 23.3 Å². The molecule has 0 N–H and O–H groups in total. The topological polar surface area (TPSA) is 108 Å². The van der Waals surface area contributed by atoms with E-state index in [0.717, 1.165) is 12.0 Å². The second kappa shape index (κ2) is 8.55. The minimum atomic E-state index is -6.05. The third-order valence-corrected chi connectivity index (χ3v) is 4.36. The second-order valence-corrected chi connectivity index (χ2v) is 8.37. The van der Waals surface area contributed by atoms with E-state index in [2.05, 4.69) is 8.92 Å². The summed E-state index contributed by atoms with van der Waals surface area (Å²) in [6.07, 6.45) is -0.854. The normalized spacial score (nSPS) is 18.7. The monoisotopic (exact) mass is 433 g/mol. The van der Waals surface area contributed by atoms with Crippen LogP contribution in [-0.2, 0) is 33.3 Å². The number of ether oxygens (including phenoxy) is 3. The van der Waals surface area contributed by atoms with Crippen LogP contribution in [0.1, 0.15) is 20.8 Å². The quantitative estimate of drug-likeness (QED) is 0.367. The summed E-state index contributed by atoms with van der Waals surface area (Å²) in [6.45, 7) is 3.61. The Kier molecular flexibility index (Phi) is 7.34. The predicted octanol–water partition coefficient (Wildman–Crippen LogP) is 1.79. The lowest BCUT2D eigenvalue weighted by molar-refractivity contribution is -0.137. The number of esters is 1. The van der Waals surface area contributed by atoms with E-state index in [1.807, 2.05) is 0 Å². The lowest BCUT2D eigenvalue weighted by atomic mass is 9.98. The third kappa shape index (κ3) is 5.99. The molecule has 1 aliphatic rings. The zero-order valence-electron chi connectivity index (χ0n) is 16.0. The van der Waals surface area contributed by atoms with Gasteiger partial charge in [0.05, 0.1) is 31.8 Å². The molecule has 1 heterocycles. The fraction of sp³-hybridized carbons (Fsp3) is 0.733. The second-order valence-electron chi connectivity index (χ2n) is 6.83. The Morgan fingerprint density at radius 1 is 1.18 bits per heavy atom. The number of amides is 1. The number of hydrogen-bond acceptors (Lipinski definition) is 8. The highest BCUT2D eigenvalue weighted by Crippen LogP contribution is 2.33. The Balaban J connectivity index is 3.39. The van der Waals surface area contributed by atoms with Gasteiger partial charge in [0.15, 0.2) is 0 Å². The van der Waals surface area contributed by atoms with Crippen LogP contribution in [0.2, 0.25) is 0 Å². The zero-order valence-corrected chi connectivity index (χ0v) is 16.8. The molecular formula is C15H22F3NO8S.